The number of nitrogens with zero attached hydrogens (tertiary/aromatic N) is 5. The van der Waals surface area contributed by atoms with Crippen molar-refractivity contribution >= 4 is 45.6 Å². The van der Waals surface area contributed by atoms with Gasteiger partial charge in [0, 0.05) is 30.8 Å². The molecule has 0 aliphatic heterocycles. The van der Waals surface area contributed by atoms with Crippen LogP contribution in [0.15, 0.2) is 36.8 Å². The van der Waals surface area contributed by atoms with E-state index in [1.54, 1.807) is 6.33 Å². The Bertz CT molecular complexity index is 1250. The summed E-state index contributed by atoms with van der Waals surface area (Å²) < 4.78 is 9.38. The molecule has 32 heavy (non-hydrogen) atoms. The van der Waals surface area contributed by atoms with E-state index in [9.17, 15) is 4.79 Å². The summed E-state index contributed by atoms with van der Waals surface area (Å²) in [5, 5.41) is 4.09. The van der Waals surface area contributed by atoms with Gasteiger partial charge >= 0.3 is 6.09 Å². The van der Waals surface area contributed by atoms with Crippen molar-refractivity contribution in [3.8, 4) is 0 Å². The van der Waals surface area contributed by atoms with Crippen molar-refractivity contribution in [2.24, 2.45) is 0 Å². The standard InChI is InChI=1S/C22H26ClN7O2/c1-14(2)30-9-7-16-6-5-15(11-17(16)30)12-25-22(31)32-10-4-3-8-29-13-26-18-19(24)27-21(23)28-20(18)29/h5-7,9,11,13-14H,3-4,8,10,12H2,1-2H3,(H,25,31)(H2,24,27,28). The number of carbonyl (C=O) groups is 1. The lowest BCUT2D eigenvalue weighted by atomic mass is 10.1. The predicted molar refractivity (Wildman–Crippen MR) is 124 cm³/mol. The Morgan fingerprint density at radius 2 is 2.09 bits per heavy atom. The van der Waals surface area contributed by atoms with Gasteiger partial charge in [-0.25, -0.2) is 9.78 Å². The van der Waals surface area contributed by atoms with Crippen LogP contribution in [0.4, 0.5) is 10.6 Å². The van der Waals surface area contributed by atoms with Crippen molar-refractivity contribution in [1.82, 2.24) is 29.4 Å². The molecule has 1 aromatic carbocycles. The summed E-state index contributed by atoms with van der Waals surface area (Å²) >= 11 is 5.88. The van der Waals surface area contributed by atoms with Crippen molar-refractivity contribution in [2.45, 2.75) is 45.8 Å². The fourth-order valence-corrected chi connectivity index (χ4v) is 3.80. The third kappa shape index (κ3) is 4.77. The summed E-state index contributed by atoms with van der Waals surface area (Å²) in [6, 6.07) is 8.67. The highest BCUT2D eigenvalue weighted by molar-refractivity contribution is 6.28. The van der Waals surface area contributed by atoms with Gasteiger partial charge in [0.1, 0.15) is 5.52 Å². The Morgan fingerprint density at radius 3 is 2.91 bits per heavy atom. The summed E-state index contributed by atoms with van der Waals surface area (Å²) in [5.74, 6) is 0.260. The number of aromatic nitrogens is 5. The van der Waals surface area contributed by atoms with Crippen molar-refractivity contribution in [3.05, 3.63) is 47.6 Å². The first-order chi connectivity index (χ1) is 15.4. The number of imidazole rings is 1. The minimum absolute atomic E-state index is 0.0910. The maximum Gasteiger partial charge on any atom is 0.407 e. The number of benzene rings is 1. The molecule has 0 saturated carbocycles. The second-order valence-electron chi connectivity index (χ2n) is 7.89. The van der Waals surface area contributed by atoms with E-state index in [0.29, 0.717) is 43.3 Å². The van der Waals surface area contributed by atoms with Crippen molar-refractivity contribution < 1.29 is 9.53 Å². The smallest absolute Gasteiger partial charge is 0.407 e. The fourth-order valence-electron chi connectivity index (χ4n) is 3.63. The summed E-state index contributed by atoms with van der Waals surface area (Å²) in [5.41, 5.74) is 9.14. The molecule has 3 heterocycles. The molecule has 0 spiro atoms. The van der Waals surface area contributed by atoms with Gasteiger partial charge in [0.2, 0.25) is 5.28 Å². The van der Waals surface area contributed by atoms with E-state index in [1.807, 2.05) is 10.6 Å². The number of nitrogens with one attached hydrogen (secondary N) is 1. The molecule has 9 nitrogen and oxygen atoms in total. The molecule has 168 valence electrons. The third-order valence-corrected chi connectivity index (χ3v) is 5.44. The van der Waals surface area contributed by atoms with Gasteiger partial charge in [0.25, 0.3) is 0 Å². The van der Waals surface area contributed by atoms with Crippen LogP contribution in [0.25, 0.3) is 22.1 Å². The van der Waals surface area contributed by atoms with Gasteiger partial charge in [0.15, 0.2) is 11.5 Å². The molecule has 0 aliphatic rings. The van der Waals surface area contributed by atoms with Crippen LogP contribution >= 0.6 is 11.6 Å². The lowest BCUT2D eigenvalue weighted by Crippen LogP contribution is -2.24. The zero-order valence-electron chi connectivity index (χ0n) is 18.1. The molecule has 10 heteroatoms. The van der Waals surface area contributed by atoms with Crippen LogP contribution in [0, 0.1) is 0 Å². The van der Waals surface area contributed by atoms with E-state index >= 15 is 0 Å². The number of nitrogen functional groups attached to an aromatic ring is 1. The Labute approximate surface area is 190 Å². The normalized spacial score (nSPS) is 11.5. The van der Waals surface area contributed by atoms with Crippen LogP contribution in [-0.2, 0) is 17.8 Å². The van der Waals surface area contributed by atoms with Crippen molar-refractivity contribution in [3.63, 3.8) is 0 Å². The molecule has 0 fully saturated rings. The summed E-state index contributed by atoms with van der Waals surface area (Å²) in [7, 11) is 0. The van der Waals surface area contributed by atoms with E-state index in [-0.39, 0.29) is 11.1 Å². The maximum atomic E-state index is 12.0. The van der Waals surface area contributed by atoms with Gasteiger partial charge in [-0.15, -0.1) is 0 Å². The number of amides is 1. The molecule has 0 bridgehead atoms. The zero-order chi connectivity index (χ0) is 22.7. The van der Waals surface area contributed by atoms with E-state index < -0.39 is 6.09 Å². The fraction of sp³-hybridized carbons (Fsp3) is 0.364. The molecule has 4 rings (SSSR count). The summed E-state index contributed by atoms with van der Waals surface area (Å²) in [6.45, 7) is 5.70. The van der Waals surface area contributed by atoms with Gasteiger partial charge < -0.3 is 24.9 Å². The largest absolute Gasteiger partial charge is 0.450 e. The van der Waals surface area contributed by atoms with Crippen LogP contribution in [-0.4, -0.2) is 36.8 Å². The number of hydrogen-bond donors (Lipinski definition) is 2. The molecule has 0 radical (unpaired) electrons. The van der Waals surface area contributed by atoms with E-state index in [2.05, 4.69) is 63.1 Å². The Kier molecular flexibility index (Phi) is 6.45. The van der Waals surface area contributed by atoms with Gasteiger partial charge in [0.05, 0.1) is 12.9 Å². The molecule has 4 aromatic rings. The third-order valence-electron chi connectivity index (χ3n) is 5.27. The van der Waals surface area contributed by atoms with Crippen LogP contribution in [0.1, 0.15) is 38.3 Å². The summed E-state index contributed by atoms with van der Waals surface area (Å²) in [4.78, 5) is 24.4. The average molecular weight is 456 g/mol. The molecule has 0 saturated heterocycles. The first-order valence-corrected chi connectivity index (χ1v) is 10.9. The second kappa shape index (κ2) is 9.44. The van der Waals surface area contributed by atoms with Crippen LogP contribution in [0.5, 0.6) is 0 Å². The molecular formula is C22H26ClN7O2. The number of alkyl carbamates (subject to hydrolysis) is 1. The lowest BCUT2D eigenvalue weighted by molar-refractivity contribution is 0.143. The monoisotopic (exact) mass is 455 g/mol. The molecule has 0 atom stereocenters. The molecular weight excluding hydrogens is 430 g/mol. The highest BCUT2D eigenvalue weighted by atomic mass is 35.5. The second-order valence-corrected chi connectivity index (χ2v) is 8.23. The average Bonchev–Trinajstić information content (AvgIpc) is 3.36. The predicted octanol–water partition coefficient (Wildman–Crippen LogP) is 4.30. The maximum absolute atomic E-state index is 12.0. The van der Waals surface area contributed by atoms with E-state index in [1.165, 1.54) is 5.39 Å². The van der Waals surface area contributed by atoms with Crippen molar-refractivity contribution in [2.75, 3.05) is 12.3 Å². The van der Waals surface area contributed by atoms with Gasteiger partial charge in [-0.1, -0.05) is 12.1 Å². The van der Waals surface area contributed by atoms with Crippen LogP contribution in [0.3, 0.4) is 0 Å². The number of unbranched alkanes of at least 4 members (excludes halogenated alkanes) is 1. The Balaban J connectivity index is 1.21. The molecule has 3 N–H and O–H groups in total. The zero-order valence-corrected chi connectivity index (χ0v) is 18.8. The number of hydrogen-bond acceptors (Lipinski definition) is 6. The molecule has 3 aromatic heterocycles. The number of halogens is 1. The SMILES string of the molecule is CC(C)n1ccc2ccc(CNC(=O)OCCCCn3cnc4c(N)nc(Cl)nc43)cc21. The minimum atomic E-state index is -0.426. The molecule has 0 aliphatic carbocycles. The summed E-state index contributed by atoms with van der Waals surface area (Å²) in [6.07, 6.45) is 4.80. The van der Waals surface area contributed by atoms with Crippen LogP contribution in [0.2, 0.25) is 5.28 Å². The molecule has 0 unspecified atom stereocenters. The highest BCUT2D eigenvalue weighted by Crippen LogP contribution is 2.21. The first-order valence-electron chi connectivity index (χ1n) is 10.6. The number of carbonyl (C=O) groups excluding carboxylic acids is 1. The number of anilines is 1. The number of rotatable bonds is 8. The lowest BCUT2D eigenvalue weighted by Gasteiger charge is -2.11. The van der Waals surface area contributed by atoms with Gasteiger partial charge in [-0.2, -0.15) is 9.97 Å². The first kappa shape index (κ1) is 21.9. The topological polar surface area (TPSA) is 113 Å². The van der Waals surface area contributed by atoms with E-state index in [4.69, 9.17) is 22.1 Å². The quantitative estimate of drug-likeness (QED) is 0.302. The highest BCUT2D eigenvalue weighted by Gasteiger charge is 2.10. The number of ether oxygens (including phenoxy) is 1. The molecule has 1 amide bonds. The van der Waals surface area contributed by atoms with Crippen molar-refractivity contribution in [1.29, 1.82) is 0 Å². The Hall–Kier alpha value is -3.33. The number of nitrogens with two attached hydrogens (primary N) is 1. The van der Waals surface area contributed by atoms with Gasteiger partial charge in [-0.3, -0.25) is 0 Å². The van der Waals surface area contributed by atoms with Gasteiger partial charge in [-0.05, 0) is 61.4 Å². The van der Waals surface area contributed by atoms with Crippen LogP contribution < -0.4 is 11.1 Å². The van der Waals surface area contributed by atoms with E-state index in [0.717, 1.165) is 17.5 Å². The minimum Gasteiger partial charge on any atom is -0.450 e. The number of aryl methyl sites for hydroxylation is 1. The number of fused-ring (bicyclic) bond motifs is 2. The Morgan fingerprint density at radius 1 is 1.25 bits per heavy atom.